The van der Waals surface area contributed by atoms with Crippen LogP contribution in [0, 0.1) is 13.8 Å². The SMILES string of the molecule is Cc1ccc(O)c(CCC[N+](c2ccccc2C)(C(C)C)C(C)C)c1.[I-]. The molecule has 0 amide bonds. The Morgan fingerprint density at radius 3 is 2.12 bits per heavy atom. The predicted octanol–water partition coefficient (Wildman–Crippen LogP) is 2.77. The molecule has 0 aliphatic carbocycles. The van der Waals surface area contributed by atoms with Gasteiger partial charge in [0.15, 0.2) is 0 Å². The van der Waals surface area contributed by atoms with E-state index in [1.54, 1.807) is 0 Å². The first-order chi connectivity index (χ1) is 11.8. The number of aryl methyl sites for hydroxylation is 3. The lowest BCUT2D eigenvalue weighted by molar-refractivity contribution is -0.00000672. The molecule has 0 atom stereocenters. The molecule has 2 aromatic carbocycles. The van der Waals surface area contributed by atoms with E-state index >= 15 is 0 Å². The maximum atomic E-state index is 10.1. The fraction of sp³-hybridized carbons (Fsp3) is 0.478. The molecule has 0 fully saturated rings. The molecule has 0 aliphatic rings. The number of phenolic OH excluding ortho intramolecular Hbond substituents is 1. The minimum atomic E-state index is 0. The first-order valence-electron chi connectivity index (χ1n) is 9.51. The summed E-state index contributed by atoms with van der Waals surface area (Å²) >= 11 is 0. The molecule has 26 heavy (non-hydrogen) atoms. The third-order valence-corrected chi connectivity index (χ3v) is 5.62. The zero-order chi connectivity index (χ0) is 18.6. The lowest BCUT2D eigenvalue weighted by Gasteiger charge is -2.46. The smallest absolute Gasteiger partial charge is 0.136 e. The van der Waals surface area contributed by atoms with Crippen molar-refractivity contribution in [2.75, 3.05) is 6.54 Å². The van der Waals surface area contributed by atoms with Crippen molar-refractivity contribution in [3.63, 3.8) is 0 Å². The molecule has 0 radical (unpaired) electrons. The Hall–Kier alpha value is -1.07. The Morgan fingerprint density at radius 1 is 0.923 bits per heavy atom. The van der Waals surface area contributed by atoms with E-state index in [1.165, 1.54) is 16.8 Å². The van der Waals surface area contributed by atoms with Crippen molar-refractivity contribution in [1.82, 2.24) is 4.48 Å². The van der Waals surface area contributed by atoms with E-state index in [-0.39, 0.29) is 24.0 Å². The van der Waals surface area contributed by atoms with Crippen LogP contribution in [0.15, 0.2) is 42.5 Å². The van der Waals surface area contributed by atoms with Crippen LogP contribution in [0.2, 0.25) is 0 Å². The van der Waals surface area contributed by atoms with Crippen LogP contribution in [0.1, 0.15) is 50.8 Å². The van der Waals surface area contributed by atoms with Gasteiger partial charge in [0.25, 0.3) is 0 Å². The van der Waals surface area contributed by atoms with Crippen LogP contribution in [0.4, 0.5) is 5.69 Å². The van der Waals surface area contributed by atoms with E-state index < -0.39 is 0 Å². The fourth-order valence-electron chi connectivity index (χ4n) is 4.27. The van der Waals surface area contributed by atoms with Crippen molar-refractivity contribution in [1.29, 1.82) is 0 Å². The number of hydrogen-bond donors (Lipinski definition) is 1. The Morgan fingerprint density at radius 2 is 1.54 bits per heavy atom. The van der Waals surface area contributed by atoms with Crippen LogP contribution in [-0.4, -0.2) is 23.7 Å². The van der Waals surface area contributed by atoms with Gasteiger partial charge >= 0.3 is 0 Å². The van der Waals surface area contributed by atoms with Gasteiger partial charge in [-0.1, -0.05) is 35.9 Å². The molecule has 144 valence electrons. The number of halogens is 1. The van der Waals surface area contributed by atoms with E-state index in [0.29, 0.717) is 17.8 Å². The largest absolute Gasteiger partial charge is 1.00 e. The molecule has 0 saturated heterocycles. The van der Waals surface area contributed by atoms with Crippen LogP contribution in [0.25, 0.3) is 0 Å². The van der Waals surface area contributed by atoms with Gasteiger partial charge in [-0.25, -0.2) is 0 Å². The van der Waals surface area contributed by atoms with Crippen molar-refractivity contribution in [2.24, 2.45) is 0 Å². The lowest BCUT2D eigenvalue weighted by Crippen LogP contribution is -3.00. The molecule has 2 nitrogen and oxygen atoms in total. The number of phenols is 1. The molecule has 2 aromatic rings. The second kappa shape index (κ2) is 9.75. The van der Waals surface area contributed by atoms with Crippen LogP contribution < -0.4 is 28.5 Å². The Kier molecular flexibility index (Phi) is 8.61. The number of benzene rings is 2. The number of hydrogen-bond acceptors (Lipinski definition) is 1. The summed E-state index contributed by atoms with van der Waals surface area (Å²) in [5.41, 5.74) is 5.07. The molecule has 1 N–H and O–H groups in total. The summed E-state index contributed by atoms with van der Waals surface area (Å²) in [4.78, 5) is 0. The normalized spacial score (nSPS) is 11.7. The van der Waals surface area contributed by atoms with Crippen molar-refractivity contribution >= 4 is 5.69 Å². The summed E-state index contributed by atoms with van der Waals surface area (Å²) in [6.07, 6.45) is 1.97. The van der Waals surface area contributed by atoms with Gasteiger partial charge in [0, 0.05) is 12.0 Å². The maximum absolute atomic E-state index is 10.1. The molecule has 0 heterocycles. The quantitative estimate of drug-likeness (QED) is 0.491. The first kappa shape index (κ1) is 23.0. The molecule has 0 aliphatic heterocycles. The molecular formula is C23H34INO. The minimum Gasteiger partial charge on any atom is -1.00 e. The first-order valence-corrected chi connectivity index (χ1v) is 9.51. The maximum Gasteiger partial charge on any atom is 0.136 e. The van der Waals surface area contributed by atoms with Gasteiger partial charge in [-0.3, -0.25) is 4.48 Å². The van der Waals surface area contributed by atoms with Gasteiger partial charge in [0.2, 0.25) is 0 Å². The lowest BCUT2D eigenvalue weighted by atomic mass is 10.00. The van der Waals surface area contributed by atoms with Crippen LogP contribution in [-0.2, 0) is 6.42 Å². The van der Waals surface area contributed by atoms with Gasteiger partial charge in [0.05, 0.1) is 18.6 Å². The third kappa shape index (κ3) is 4.80. The van der Waals surface area contributed by atoms with E-state index in [4.69, 9.17) is 0 Å². The number of rotatable bonds is 7. The minimum absolute atomic E-state index is 0. The van der Waals surface area contributed by atoms with Crippen molar-refractivity contribution < 1.29 is 29.1 Å². The van der Waals surface area contributed by atoms with E-state index in [1.807, 2.05) is 12.1 Å². The van der Waals surface area contributed by atoms with Crippen molar-refractivity contribution in [3.05, 3.63) is 59.2 Å². The van der Waals surface area contributed by atoms with Crippen LogP contribution >= 0.6 is 0 Å². The number of nitrogens with zero attached hydrogens (tertiary/aromatic N) is 1. The molecule has 0 unspecified atom stereocenters. The molecule has 3 heteroatoms. The van der Waals surface area contributed by atoms with Crippen molar-refractivity contribution in [3.8, 4) is 5.75 Å². The van der Waals surface area contributed by atoms with E-state index in [2.05, 4.69) is 71.9 Å². The Bertz CT molecular complexity index is 701. The fourth-order valence-corrected chi connectivity index (χ4v) is 4.27. The summed E-state index contributed by atoms with van der Waals surface area (Å²) in [5.74, 6) is 0.425. The number of aromatic hydroxyl groups is 1. The van der Waals surface area contributed by atoms with Gasteiger partial charge in [-0.05, 0) is 65.7 Å². The van der Waals surface area contributed by atoms with Crippen LogP contribution in [0.3, 0.4) is 0 Å². The van der Waals surface area contributed by atoms with Crippen molar-refractivity contribution in [2.45, 2.75) is 66.5 Å². The average Bonchev–Trinajstić information content (AvgIpc) is 2.55. The monoisotopic (exact) mass is 467 g/mol. The second-order valence-corrected chi connectivity index (χ2v) is 7.86. The zero-order valence-corrected chi connectivity index (χ0v) is 19.2. The van der Waals surface area contributed by atoms with E-state index in [9.17, 15) is 5.11 Å². The number of para-hydroxylation sites is 1. The molecular weight excluding hydrogens is 433 g/mol. The standard InChI is InChI=1S/C23H33NO.HI/c1-17(2)24(18(3)4,22-12-8-7-10-20(22)6)15-9-11-21-16-19(5)13-14-23(21)25;/h7-8,10,12-14,16-18H,9,11,15H2,1-6H3;1H. The summed E-state index contributed by atoms with van der Waals surface area (Å²) in [5, 5.41) is 10.1. The molecule has 0 bridgehead atoms. The second-order valence-electron chi connectivity index (χ2n) is 7.86. The zero-order valence-electron chi connectivity index (χ0n) is 17.1. The van der Waals surface area contributed by atoms with Gasteiger partial charge < -0.3 is 29.1 Å². The summed E-state index contributed by atoms with van der Waals surface area (Å²) in [7, 11) is 0. The highest BCUT2D eigenvalue weighted by Crippen LogP contribution is 2.34. The van der Waals surface area contributed by atoms with Gasteiger partial charge in [-0.2, -0.15) is 0 Å². The van der Waals surface area contributed by atoms with Gasteiger partial charge in [0.1, 0.15) is 11.4 Å². The highest BCUT2D eigenvalue weighted by Gasteiger charge is 2.37. The molecule has 0 spiro atoms. The van der Waals surface area contributed by atoms with Crippen LogP contribution in [0.5, 0.6) is 5.75 Å². The highest BCUT2D eigenvalue weighted by molar-refractivity contribution is 5.51. The number of quaternary nitrogens is 1. The summed E-state index contributed by atoms with van der Waals surface area (Å²) < 4.78 is 0.985. The highest BCUT2D eigenvalue weighted by atomic mass is 127. The third-order valence-electron chi connectivity index (χ3n) is 5.62. The summed E-state index contributed by atoms with van der Waals surface area (Å²) in [6, 6.07) is 15.7. The Balaban J connectivity index is 0.00000338. The van der Waals surface area contributed by atoms with E-state index in [0.717, 1.165) is 29.4 Å². The topological polar surface area (TPSA) is 20.2 Å². The van der Waals surface area contributed by atoms with Gasteiger partial charge in [-0.15, -0.1) is 0 Å². The predicted molar refractivity (Wildman–Crippen MR) is 109 cm³/mol. The molecule has 2 rings (SSSR count). The Labute approximate surface area is 176 Å². The molecule has 0 saturated carbocycles. The molecule has 0 aromatic heterocycles. The summed E-state index contributed by atoms with van der Waals surface area (Å²) in [6.45, 7) is 14.7. The average molecular weight is 467 g/mol.